The molecule has 152 valence electrons. The fourth-order valence-corrected chi connectivity index (χ4v) is 5.28. The van der Waals surface area contributed by atoms with E-state index < -0.39 is 15.8 Å². The summed E-state index contributed by atoms with van der Waals surface area (Å²) in [4.78, 5) is 5.98. The van der Waals surface area contributed by atoms with Crippen LogP contribution in [0.2, 0.25) is 0 Å². The number of ether oxygens (including phenoxy) is 1. The van der Waals surface area contributed by atoms with Crippen LogP contribution in [0.5, 0.6) is 5.75 Å². The van der Waals surface area contributed by atoms with Crippen LogP contribution in [-0.2, 0) is 16.6 Å². The normalized spacial score (nSPS) is 16.2. The average molecular weight is 419 g/mol. The summed E-state index contributed by atoms with van der Waals surface area (Å²) in [5.74, 6) is 2.03. The van der Waals surface area contributed by atoms with Gasteiger partial charge in [-0.25, -0.2) is 17.1 Å². The number of nitrogens with zero attached hydrogens (tertiary/aromatic N) is 3. The van der Waals surface area contributed by atoms with E-state index in [0.717, 1.165) is 17.1 Å². The molecular weight excluding hydrogens is 391 g/mol. The van der Waals surface area contributed by atoms with Crippen molar-refractivity contribution in [2.45, 2.75) is 6.54 Å². The Morgan fingerprint density at radius 2 is 2.11 bits per heavy atom. The van der Waals surface area contributed by atoms with Crippen molar-refractivity contribution in [2.75, 3.05) is 58.1 Å². The van der Waals surface area contributed by atoms with Gasteiger partial charge in [-0.1, -0.05) is 6.07 Å². The van der Waals surface area contributed by atoms with Crippen LogP contribution in [-0.4, -0.2) is 81.7 Å². The molecule has 0 unspecified atom stereocenters. The lowest BCUT2D eigenvalue weighted by Crippen LogP contribution is -2.44. The molecule has 1 aliphatic heterocycles. The predicted octanol–water partition coefficient (Wildman–Crippen LogP) is 1.22. The van der Waals surface area contributed by atoms with E-state index in [0.29, 0.717) is 25.6 Å². The Bertz CT molecular complexity index is 753. The van der Waals surface area contributed by atoms with Crippen molar-refractivity contribution in [3.8, 4) is 5.75 Å². The minimum absolute atomic E-state index is 0.0156. The molecule has 0 saturated carbocycles. The topological polar surface area (TPSA) is 74.2 Å². The minimum Gasteiger partial charge on any atom is -0.494 e. The summed E-state index contributed by atoms with van der Waals surface area (Å²) in [6.45, 7) is 1.84. The summed E-state index contributed by atoms with van der Waals surface area (Å²) in [5.41, 5.74) is 0.761. The zero-order chi connectivity index (χ0) is 19.9. The highest BCUT2D eigenvalue weighted by Crippen LogP contribution is 2.18. The van der Waals surface area contributed by atoms with Crippen LogP contribution in [0.3, 0.4) is 0 Å². The van der Waals surface area contributed by atoms with Crippen LogP contribution in [0.1, 0.15) is 5.56 Å². The van der Waals surface area contributed by atoms with Gasteiger partial charge in [-0.2, -0.15) is 11.8 Å². The van der Waals surface area contributed by atoms with Gasteiger partial charge in [-0.15, -0.1) is 0 Å². The molecule has 1 fully saturated rings. The molecule has 10 heteroatoms. The largest absolute Gasteiger partial charge is 0.494 e. The molecule has 0 spiro atoms. The van der Waals surface area contributed by atoms with Gasteiger partial charge in [-0.3, -0.25) is 4.99 Å². The summed E-state index contributed by atoms with van der Waals surface area (Å²) >= 11 is 1.77. The Morgan fingerprint density at radius 3 is 2.70 bits per heavy atom. The minimum atomic E-state index is -3.26. The van der Waals surface area contributed by atoms with Crippen LogP contribution in [0, 0.1) is 5.82 Å². The van der Waals surface area contributed by atoms with Crippen molar-refractivity contribution in [2.24, 2.45) is 4.99 Å². The average Bonchev–Trinajstić information content (AvgIpc) is 2.66. The number of methoxy groups -OCH3 is 1. The standard InChI is InChI=1S/C17H27FN4O3S2/c1-19-17(20-6-11-27(23,24)22-7-9-26-10-8-22)21(2)13-14-4-5-16(25-3)15(18)12-14/h4-5,12H,6-11,13H2,1-3H3,(H,19,20). The number of nitrogens with one attached hydrogen (secondary N) is 1. The van der Waals surface area contributed by atoms with E-state index in [-0.39, 0.29) is 18.0 Å². The van der Waals surface area contributed by atoms with Gasteiger partial charge < -0.3 is 15.0 Å². The smallest absolute Gasteiger partial charge is 0.215 e. The van der Waals surface area contributed by atoms with Crippen LogP contribution < -0.4 is 10.1 Å². The number of sulfonamides is 1. The number of rotatable bonds is 7. The van der Waals surface area contributed by atoms with Crippen molar-refractivity contribution in [3.63, 3.8) is 0 Å². The Kier molecular flexibility index (Phi) is 8.18. The maximum Gasteiger partial charge on any atom is 0.215 e. The number of hydrogen-bond acceptors (Lipinski definition) is 5. The molecule has 0 aliphatic carbocycles. The Hall–Kier alpha value is -1.52. The third-order valence-corrected chi connectivity index (χ3v) is 7.03. The Labute approximate surface area is 165 Å². The van der Waals surface area contributed by atoms with Gasteiger partial charge in [-0.05, 0) is 17.7 Å². The number of guanidine groups is 1. The lowest BCUT2D eigenvalue weighted by molar-refractivity contribution is 0.385. The quantitative estimate of drug-likeness (QED) is 0.530. The summed E-state index contributed by atoms with van der Waals surface area (Å²) < 4.78 is 45.1. The Balaban J connectivity index is 1.88. The van der Waals surface area contributed by atoms with E-state index in [2.05, 4.69) is 10.3 Å². The van der Waals surface area contributed by atoms with Crippen molar-refractivity contribution >= 4 is 27.7 Å². The van der Waals surface area contributed by atoms with Gasteiger partial charge in [0.25, 0.3) is 0 Å². The molecule has 0 aromatic heterocycles. The van der Waals surface area contributed by atoms with Crippen molar-refractivity contribution in [1.29, 1.82) is 0 Å². The second-order valence-corrected chi connectivity index (χ2v) is 9.44. The van der Waals surface area contributed by atoms with Crippen LogP contribution in [0.15, 0.2) is 23.2 Å². The van der Waals surface area contributed by atoms with E-state index in [1.54, 1.807) is 35.2 Å². The predicted molar refractivity (Wildman–Crippen MR) is 108 cm³/mol. The molecule has 1 N–H and O–H groups in total. The monoisotopic (exact) mass is 418 g/mol. The highest BCUT2D eigenvalue weighted by molar-refractivity contribution is 7.99. The highest BCUT2D eigenvalue weighted by atomic mass is 32.2. The van der Waals surface area contributed by atoms with Gasteiger partial charge in [0.15, 0.2) is 17.5 Å². The molecule has 0 radical (unpaired) electrons. The molecular formula is C17H27FN4O3S2. The summed E-state index contributed by atoms with van der Waals surface area (Å²) in [6, 6.07) is 4.78. The highest BCUT2D eigenvalue weighted by Gasteiger charge is 2.23. The number of aliphatic imine (C=N–C) groups is 1. The third-order valence-electron chi connectivity index (χ3n) is 4.22. The molecule has 1 saturated heterocycles. The zero-order valence-corrected chi connectivity index (χ0v) is 17.6. The van der Waals surface area contributed by atoms with Gasteiger partial charge >= 0.3 is 0 Å². The lowest BCUT2D eigenvalue weighted by Gasteiger charge is -2.26. The molecule has 0 bridgehead atoms. The first-order chi connectivity index (χ1) is 12.9. The fraction of sp³-hybridized carbons (Fsp3) is 0.588. The van der Waals surface area contributed by atoms with Gasteiger partial charge in [0, 0.05) is 51.8 Å². The molecule has 1 aromatic rings. The Morgan fingerprint density at radius 1 is 1.41 bits per heavy atom. The molecule has 2 rings (SSSR count). The van der Waals surface area contributed by atoms with Gasteiger partial charge in [0.1, 0.15) is 0 Å². The van der Waals surface area contributed by atoms with Crippen LogP contribution >= 0.6 is 11.8 Å². The first-order valence-electron chi connectivity index (χ1n) is 8.67. The molecule has 0 amide bonds. The maximum absolute atomic E-state index is 13.8. The molecule has 27 heavy (non-hydrogen) atoms. The van der Waals surface area contributed by atoms with Gasteiger partial charge in [0.05, 0.1) is 12.9 Å². The maximum atomic E-state index is 13.8. The summed E-state index contributed by atoms with van der Waals surface area (Å²) in [6.07, 6.45) is 0. The summed E-state index contributed by atoms with van der Waals surface area (Å²) in [5, 5.41) is 3.07. The second kappa shape index (κ2) is 10.1. The second-order valence-electron chi connectivity index (χ2n) is 6.13. The van der Waals surface area contributed by atoms with Crippen molar-refractivity contribution in [1.82, 2.24) is 14.5 Å². The first kappa shape index (κ1) is 21.8. The SMILES string of the molecule is CN=C(NCCS(=O)(=O)N1CCSCC1)N(C)Cc1ccc(OC)c(F)c1. The number of thioether (sulfide) groups is 1. The molecule has 1 aromatic carbocycles. The third kappa shape index (κ3) is 6.25. The molecule has 1 heterocycles. The first-order valence-corrected chi connectivity index (χ1v) is 11.4. The molecule has 1 aliphatic rings. The summed E-state index contributed by atoms with van der Waals surface area (Å²) in [7, 11) is 1.60. The van der Waals surface area contributed by atoms with Crippen molar-refractivity contribution in [3.05, 3.63) is 29.6 Å². The molecule has 7 nitrogen and oxygen atoms in total. The molecule has 0 atom stereocenters. The van der Waals surface area contributed by atoms with Crippen LogP contribution in [0.4, 0.5) is 4.39 Å². The van der Waals surface area contributed by atoms with E-state index in [1.165, 1.54) is 13.2 Å². The van der Waals surface area contributed by atoms with E-state index in [4.69, 9.17) is 4.74 Å². The van der Waals surface area contributed by atoms with E-state index in [1.807, 2.05) is 11.9 Å². The number of halogens is 1. The van der Waals surface area contributed by atoms with E-state index in [9.17, 15) is 12.8 Å². The fourth-order valence-electron chi connectivity index (χ4n) is 2.79. The van der Waals surface area contributed by atoms with Crippen LogP contribution in [0.25, 0.3) is 0 Å². The number of benzene rings is 1. The zero-order valence-electron chi connectivity index (χ0n) is 15.9. The van der Waals surface area contributed by atoms with Gasteiger partial charge in [0.2, 0.25) is 10.0 Å². The van der Waals surface area contributed by atoms with E-state index >= 15 is 0 Å². The number of hydrogen-bond donors (Lipinski definition) is 1. The lowest BCUT2D eigenvalue weighted by atomic mass is 10.2. The van der Waals surface area contributed by atoms with Crippen molar-refractivity contribution < 1.29 is 17.5 Å².